The van der Waals surface area contributed by atoms with E-state index in [2.05, 4.69) is 15.1 Å². The Labute approximate surface area is 175 Å². The number of halogens is 2. The summed E-state index contributed by atoms with van der Waals surface area (Å²) in [6, 6.07) is 10.0. The monoisotopic (exact) mass is 421 g/mol. The minimum absolute atomic E-state index is 0.106. The van der Waals surface area contributed by atoms with Crippen LogP contribution >= 0.6 is 11.6 Å². The number of rotatable bonds is 7. The number of hydrogen-bond acceptors (Lipinski definition) is 5. The van der Waals surface area contributed by atoms with Crippen LogP contribution in [0.15, 0.2) is 36.4 Å². The van der Waals surface area contributed by atoms with Crippen LogP contribution in [0.3, 0.4) is 0 Å². The molecule has 1 aliphatic rings. The van der Waals surface area contributed by atoms with E-state index in [4.69, 9.17) is 21.1 Å². The van der Waals surface area contributed by atoms with Gasteiger partial charge in [-0.1, -0.05) is 17.7 Å². The minimum Gasteiger partial charge on any atom is -0.493 e. The van der Waals surface area contributed by atoms with Gasteiger partial charge in [-0.05, 0) is 35.9 Å². The molecule has 6 nitrogen and oxygen atoms in total. The number of benzene rings is 2. The van der Waals surface area contributed by atoms with Gasteiger partial charge in [-0.3, -0.25) is 14.6 Å². The van der Waals surface area contributed by atoms with Crippen LogP contribution in [0.4, 0.5) is 10.1 Å². The quantitative estimate of drug-likeness (QED) is 0.743. The second-order valence-electron chi connectivity index (χ2n) is 6.91. The Morgan fingerprint density at radius 2 is 1.72 bits per heavy atom. The third-order valence-corrected chi connectivity index (χ3v) is 5.12. The zero-order valence-corrected chi connectivity index (χ0v) is 17.3. The van der Waals surface area contributed by atoms with Crippen molar-refractivity contribution in [1.82, 2.24) is 9.80 Å². The molecule has 3 rings (SSSR count). The number of piperazine rings is 1. The molecule has 2 aromatic rings. The highest BCUT2D eigenvalue weighted by Crippen LogP contribution is 2.28. The van der Waals surface area contributed by atoms with E-state index in [1.54, 1.807) is 14.2 Å². The first-order valence-electron chi connectivity index (χ1n) is 9.39. The summed E-state index contributed by atoms with van der Waals surface area (Å²) in [7, 11) is 3.24. The Bertz CT molecular complexity index is 857. The standard InChI is InChI=1S/C21H25ClFN3O3/c1-28-19-6-3-15(11-20(19)29-2)13-25-7-9-26(10-8-25)14-21(27)24-18-12-16(22)4-5-17(18)23/h3-6,11-12H,7-10,13-14H2,1-2H3,(H,24,27). The van der Waals surface area contributed by atoms with E-state index in [-0.39, 0.29) is 18.1 Å². The molecule has 0 spiro atoms. The molecule has 0 radical (unpaired) electrons. The molecule has 0 saturated carbocycles. The number of hydrogen-bond donors (Lipinski definition) is 1. The molecule has 1 aliphatic heterocycles. The highest BCUT2D eigenvalue weighted by Gasteiger charge is 2.20. The number of anilines is 1. The number of nitrogens with zero attached hydrogens (tertiary/aromatic N) is 2. The van der Waals surface area contributed by atoms with Crippen LogP contribution in [0.1, 0.15) is 5.56 Å². The highest BCUT2D eigenvalue weighted by atomic mass is 35.5. The lowest BCUT2D eigenvalue weighted by Gasteiger charge is -2.34. The molecule has 2 aromatic carbocycles. The number of carbonyl (C=O) groups is 1. The van der Waals surface area contributed by atoms with Gasteiger partial charge in [-0.2, -0.15) is 0 Å². The summed E-state index contributed by atoms with van der Waals surface area (Å²) in [5.74, 6) is 0.679. The van der Waals surface area contributed by atoms with Gasteiger partial charge in [0.15, 0.2) is 11.5 Å². The molecule has 0 bridgehead atoms. The van der Waals surface area contributed by atoms with E-state index in [9.17, 15) is 9.18 Å². The lowest BCUT2D eigenvalue weighted by atomic mass is 10.1. The fraction of sp³-hybridized carbons (Fsp3) is 0.381. The first-order valence-corrected chi connectivity index (χ1v) is 9.77. The molecule has 1 amide bonds. The minimum atomic E-state index is -0.498. The summed E-state index contributed by atoms with van der Waals surface area (Å²) in [5, 5.41) is 2.97. The normalized spacial score (nSPS) is 15.2. The molecular weight excluding hydrogens is 397 g/mol. The van der Waals surface area contributed by atoms with Gasteiger partial charge in [0, 0.05) is 37.7 Å². The molecule has 1 fully saturated rings. The lowest BCUT2D eigenvalue weighted by Crippen LogP contribution is -2.48. The predicted octanol–water partition coefficient (Wildman–Crippen LogP) is 3.25. The van der Waals surface area contributed by atoms with Gasteiger partial charge in [-0.25, -0.2) is 4.39 Å². The van der Waals surface area contributed by atoms with E-state index in [0.717, 1.165) is 38.3 Å². The molecule has 1 saturated heterocycles. The lowest BCUT2D eigenvalue weighted by molar-refractivity contribution is -0.117. The zero-order valence-electron chi connectivity index (χ0n) is 16.6. The van der Waals surface area contributed by atoms with E-state index in [0.29, 0.717) is 16.5 Å². The van der Waals surface area contributed by atoms with Crippen molar-refractivity contribution in [2.75, 3.05) is 52.3 Å². The maximum absolute atomic E-state index is 13.8. The van der Waals surface area contributed by atoms with E-state index >= 15 is 0 Å². The number of amides is 1. The number of carbonyl (C=O) groups excluding carboxylic acids is 1. The molecule has 0 aliphatic carbocycles. The van der Waals surface area contributed by atoms with E-state index in [1.165, 1.54) is 18.2 Å². The molecule has 29 heavy (non-hydrogen) atoms. The van der Waals surface area contributed by atoms with Crippen LogP contribution in [0.2, 0.25) is 5.02 Å². The Morgan fingerprint density at radius 1 is 1.03 bits per heavy atom. The zero-order chi connectivity index (χ0) is 20.8. The topological polar surface area (TPSA) is 54.0 Å². The summed E-state index contributed by atoms with van der Waals surface area (Å²) < 4.78 is 24.4. The highest BCUT2D eigenvalue weighted by molar-refractivity contribution is 6.30. The molecule has 156 valence electrons. The summed E-state index contributed by atoms with van der Waals surface area (Å²) in [5.41, 5.74) is 1.25. The predicted molar refractivity (Wildman–Crippen MR) is 111 cm³/mol. The molecule has 1 N–H and O–H groups in total. The van der Waals surface area contributed by atoms with Crippen molar-refractivity contribution >= 4 is 23.2 Å². The van der Waals surface area contributed by atoms with Gasteiger partial charge < -0.3 is 14.8 Å². The van der Waals surface area contributed by atoms with Crippen molar-refractivity contribution < 1.29 is 18.7 Å². The Hall–Kier alpha value is -2.35. The third-order valence-electron chi connectivity index (χ3n) is 4.89. The van der Waals surface area contributed by atoms with Gasteiger partial charge in [0.05, 0.1) is 26.5 Å². The van der Waals surface area contributed by atoms with Crippen molar-refractivity contribution in [1.29, 1.82) is 0 Å². The maximum atomic E-state index is 13.8. The third kappa shape index (κ3) is 5.82. The molecule has 0 atom stereocenters. The summed E-state index contributed by atoms with van der Waals surface area (Å²) in [6.45, 7) is 4.22. The SMILES string of the molecule is COc1ccc(CN2CCN(CC(=O)Nc3cc(Cl)ccc3F)CC2)cc1OC. The molecule has 8 heteroatoms. The van der Waals surface area contributed by atoms with Gasteiger partial charge >= 0.3 is 0 Å². The first-order chi connectivity index (χ1) is 14.0. The fourth-order valence-electron chi connectivity index (χ4n) is 3.33. The van der Waals surface area contributed by atoms with Crippen LogP contribution in [0.25, 0.3) is 0 Å². The second kappa shape index (κ2) is 9.91. The van der Waals surface area contributed by atoms with Crippen molar-refractivity contribution in [2.45, 2.75) is 6.54 Å². The van der Waals surface area contributed by atoms with Crippen LogP contribution in [-0.2, 0) is 11.3 Å². The van der Waals surface area contributed by atoms with E-state index < -0.39 is 5.82 Å². The van der Waals surface area contributed by atoms with Gasteiger partial charge in [0.25, 0.3) is 0 Å². The summed E-state index contributed by atoms with van der Waals surface area (Å²) >= 11 is 5.86. The van der Waals surface area contributed by atoms with E-state index in [1.807, 2.05) is 18.2 Å². The van der Waals surface area contributed by atoms with Crippen LogP contribution in [0.5, 0.6) is 11.5 Å². The smallest absolute Gasteiger partial charge is 0.238 e. The Morgan fingerprint density at radius 3 is 2.41 bits per heavy atom. The van der Waals surface area contributed by atoms with Crippen molar-refractivity contribution in [3.8, 4) is 11.5 Å². The van der Waals surface area contributed by atoms with Gasteiger partial charge in [-0.15, -0.1) is 0 Å². The van der Waals surface area contributed by atoms with Gasteiger partial charge in [0.1, 0.15) is 5.82 Å². The Kier molecular flexibility index (Phi) is 7.30. The molecular formula is C21H25ClFN3O3. The van der Waals surface area contributed by atoms with Gasteiger partial charge in [0.2, 0.25) is 5.91 Å². The number of ether oxygens (including phenoxy) is 2. The largest absolute Gasteiger partial charge is 0.493 e. The van der Waals surface area contributed by atoms with Crippen molar-refractivity contribution in [3.05, 3.63) is 52.8 Å². The number of nitrogens with one attached hydrogen (secondary N) is 1. The average Bonchev–Trinajstić information content (AvgIpc) is 2.72. The first kappa shape index (κ1) is 21.4. The molecule has 0 unspecified atom stereocenters. The summed E-state index contributed by atoms with van der Waals surface area (Å²) in [6.07, 6.45) is 0. The second-order valence-corrected chi connectivity index (χ2v) is 7.35. The average molecular weight is 422 g/mol. The molecule has 0 aromatic heterocycles. The molecule has 1 heterocycles. The van der Waals surface area contributed by atoms with Crippen LogP contribution < -0.4 is 14.8 Å². The van der Waals surface area contributed by atoms with Crippen molar-refractivity contribution in [2.24, 2.45) is 0 Å². The maximum Gasteiger partial charge on any atom is 0.238 e. The summed E-state index contributed by atoms with van der Waals surface area (Å²) in [4.78, 5) is 16.6. The van der Waals surface area contributed by atoms with Crippen LogP contribution in [0, 0.1) is 5.82 Å². The number of methoxy groups -OCH3 is 2. The van der Waals surface area contributed by atoms with Crippen LogP contribution in [-0.4, -0.2) is 62.7 Å². The van der Waals surface area contributed by atoms with Crippen molar-refractivity contribution in [3.63, 3.8) is 0 Å². The fourth-order valence-corrected chi connectivity index (χ4v) is 3.50. The Balaban J connectivity index is 1.48.